The molecule has 0 heterocycles. The molecule has 169 valence electrons. The third-order valence-corrected chi connectivity index (χ3v) is 40.6. The second-order valence-electron chi connectivity index (χ2n) is 12.8. The van der Waals surface area contributed by atoms with E-state index in [9.17, 15) is 0 Å². The Morgan fingerprint density at radius 3 is 1.53 bits per heavy atom. The molecule has 0 spiro atoms. The third kappa shape index (κ3) is 4.28. The van der Waals surface area contributed by atoms with Gasteiger partial charge < -0.3 is 0 Å². The van der Waals surface area contributed by atoms with E-state index < -0.39 is 20.5 Å². The van der Waals surface area contributed by atoms with Crippen LogP contribution in [0.1, 0.15) is 66.5 Å². The van der Waals surface area contributed by atoms with E-state index >= 15 is 0 Å². The first kappa shape index (κ1) is 25.9. The van der Waals surface area contributed by atoms with Crippen molar-refractivity contribution in [3.63, 3.8) is 0 Å². The Morgan fingerprint density at radius 1 is 0.767 bits per heavy atom. The molecular weight excluding hydrogens is 412 g/mol. The second-order valence-corrected chi connectivity index (χ2v) is 38.7. The minimum atomic E-state index is -3.11. The summed E-state index contributed by atoms with van der Waals surface area (Å²) in [4.78, 5) is 0. The monoisotopic (exact) mass is 461 g/mol. The van der Waals surface area contributed by atoms with Crippen LogP contribution in [0.4, 0.5) is 0 Å². The maximum absolute atomic E-state index is 3.11. The van der Waals surface area contributed by atoms with Gasteiger partial charge in [-0.2, -0.15) is 0 Å². The Kier molecular flexibility index (Phi) is 7.36. The van der Waals surface area contributed by atoms with Crippen LogP contribution >= 0.6 is 0 Å². The molecular formula is C28H49SiTi. The average Bonchev–Trinajstić information content (AvgIpc) is 2.75. The Bertz CT molecular complexity index is 843. The molecule has 2 heteroatoms. The molecule has 1 aliphatic carbocycles. The summed E-state index contributed by atoms with van der Waals surface area (Å²) in [5.41, 5.74) is 7.76. The van der Waals surface area contributed by atoms with Gasteiger partial charge in [0, 0.05) is 0 Å². The van der Waals surface area contributed by atoms with Crippen molar-refractivity contribution in [2.24, 2.45) is 17.8 Å². The standard InChI is InChI=1S/C16H27Si.C9H13.3CH3.Ti/c1-12(2)10-17(11-13(3)4)16-8-14(5)7-15(6)9-16;1-6-5-7(2)9(4)8(6)3;;;;/h7-9,12-13H,10-11H2,1-6H3;6H,1-4H3;3*1H3;. The predicted octanol–water partition coefficient (Wildman–Crippen LogP) is 8.86. The van der Waals surface area contributed by atoms with Crippen molar-refractivity contribution in [1.82, 2.24) is 0 Å². The van der Waals surface area contributed by atoms with Gasteiger partial charge in [0.15, 0.2) is 0 Å². The number of hydrogen-bond donors (Lipinski definition) is 0. The van der Waals surface area contributed by atoms with Crippen LogP contribution in [0.3, 0.4) is 0 Å². The van der Waals surface area contributed by atoms with Crippen molar-refractivity contribution < 1.29 is 14.6 Å². The molecule has 30 heavy (non-hydrogen) atoms. The van der Waals surface area contributed by atoms with Gasteiger partial charge in [0.25, 0.3) is 0 Å². The first-order valence-corrected chi connectivity index (χ1v) is 22.4. The minimum absolute atomic E-state index is 0.624. The fourth-order valence-electron chi connectivity index (χ4n) is 7.22. The van der Waals surface area contributed by atoms with Crippen molar-refractivity contribution in [2.75, 3.05) is 0 Å². The van der Waals surface area contributed by atoms with E-state index in [1.165, 1.54) is 23.2 Å². The van der Waals surface area contributed by atoms with Crippen LogP contribution in [-0.4, -0.2) is 5.94 Å². The summed E-state index contributed by atoms with van der Waals surface area (Å²) in [6.45, 7) is 24.2. The molecule has 0 saturated heterocycles. The van der Waals surface area contributed by atoms with Crippen LogP contribution in [-0.2, 0) is 14.6 Å². The van der Waals surface area contributed by atoms with Crippen LogP contribution in [0, 0.1) is 31.6 Å². The van der Waals surface area contributed by atoms with E-state index in [1.54, 1.807) is 21.9 Å². The molecule has 0 radical (unpaired) electrons. The van der Waals surface area contributed by atoms with E-state index in [2.05, 4.69) is 103 Å². The zero-order chi connectivity index (χ0) is 23.3. The van der Waals surface area contributed by atoms with Crippen molar-refractivity contribution in [2.45, 2.75) is 97.0 Å². The van der Waals surface area contributed by atoms with Gasteiger partial charge in [-0.15, -0.1) is 0 Å². The van der Waals surface area contributed by atoms with Crippen LogP contribution in [0.25, 0.3) is 0 Å². The van der Waals surface area contributed by atoms with E-state index in [1.807, 2.05) is 3.88 Å². The molecule has 0 saturated carbocycles. The summed E-state index contributed by atoms with van der Waals surface area (Å²) in [6.07, 6.45) is 0. The van der Waals surface area contributed by atoms with Gasteiger partial charge in [0.1, 0.15) is 0 Å². The SMILES string of the molecule is CC1=C(C)C(C)[C]([Ti]([CH3])([CH3])([CH3])[Si](CC(C)C)(CC(C)C)c2cc(C)cc(C)c2)=C1C. The molecule has 0 nitrogen and oxygen atoms in total. The molecule has 1 aromatic carbocycles. The van der Waals surface area contributed by atoms with Crippen molar-refractivity contribution in [3.8, 4) is 0 Å². The van der Waals surface area contributed by atoms with Gasteiger partial charge in [-0.1, -0.05) is 0 Å². The van der Waals surface area contributed by atoms with Crippen molar-refractivity contribution >= 4 is 11.1 Å². The Labute approximate surface area is 189 Å². The van der Waals surface area contributed by atoms with E-state index in [0.717, 1.165) is 11.8 Å². The van der Waals surface area contributed by atoms with Gasteiger partial charge in [0.05, 0.1) is 0 Å². The Balaban J connectivity index is 2.97. The maximum atomic E-state index is 2.83. The Hall–Kier alpha value is -0.369. The fraction of sp³-hybridized carbons (Fsp3) is 0.643. The first-order valence-electron chi connectivity index (χ1n) is 12.2. The number of rotatable bonds is 7. The van der Waals surface area contributed by atoms with Crippen LogP contribution in [0.5, 0.6) is 0 Å². The molecule has 0 amide bonds. The topological polar surface area (TPSA) is 0 Å². The zero-order valence-electron chi connectivity index (χ0n) is 22.4. The first-order chi connectivity index (χ1) is 13.5. The van der Waals surface area contributed by atoms with E-state index in [-0.39, 0.29) is 0 Å². The number of benzene rings is 1. The summed E-state index contributed by atoms with van der Waals surface area (Å²) < 4.78 is 1.91. The van der Waals surface area contributed by atoms with E-state index in [4.69, 9.17) is 0 Å². The third-order valence-electron chi connectivity index (χ3n) is 8.55. The second kappa shape index (κ2) is 8.53. The van der Waals surface area contributed by atoms with Gasteiger partial charge in [-0.25, -0.2) is 0 Å². The van der Waals surface area contributed by atoms with Crippen molar-refractivity contribution in [1.29, 1.82) is 0 Å². The van der Waals surface area contributed by atoms with Crippen molar-refractivity contribution in [3.05, 3.63) is 49.9 Å². The molecule has 2 rings (SSSR count). The molecule has 0 N–H and O–H groups in total. The van der Waals surface area contributed by atoms with Crippen LogP contribution < -0.4 is 5.19 Å². The summed E-state index contributed by atoms with van der Waals surface area (Å²) in [5, 5.41) is 10.2. The number of hydrogen-bond acceptors (Lipinski definition) is 0. The molecule has 1 aliphatic rings. The molecule has 1 unspecified atom stereocenters. The van der Waals surface area contributed by atoms with Gasteiger partial charge in [-0.3, -0.25) is 0 Å². The predicted molar refractivity (Wildman–Crippen MR) is 138 cm³/mol. The summed E-state index contributed by atoms with van der Waals surface area (Å²) in [5.74, 6) is 0.296. The quantitative estimate of drug-likeness (QED) is 0.356. The summed E-state index contributed by atoms with van der Waals surface area (Å²) in [7, 11) is 0. The molecule has 0 fully saturated rings. The fourth-order valence-corrected chi connectivity index (χ4v) is 39.7. The van der Waals surface area contributed by atoms with Gasteiger partial charge in [-0.05, 0) is 0 Å². The van der Waals surface area contributed by atoms with Gasteiger partial charge >= 0.3 is 190 Å². The molecule has 0 aromatic heterocycles. The Morgan fingerprint density at radius 2 is 1.20 bits per heavy atom. The normalized spacial score (nSPS) is 19.8. The molecule has 1 aromatic rings. The van der Waals surface area contributed by atoms with Gasteiger partial charge in [0.2, 0.25) is 0 Å². The molecule has 0 bridgehead atoms. The summed E-state index contributed by atoms with van der Waals surface area (Å²) >= 11 is -3.11. The average molecular weight is 462 g/mol. The van der Waals surface area contributed by atoms with E-state index in [0.29, 0.717) is 5.92 Å². The molecule has 1 atom stereocenters. The number of aryl methyl sites for hydroxylation is 2. The van der Waals surface area contributed by atoms with Crippen LogP contribution in [0.15, 0.2) is 38.8 Å². The van der Waals surface area contributed by atoms with Crippen LogP contribution in [0.2, 0.25) is 27.8 Å². The molecule has 0 aliphatic heterocycles. The summed E-state index contributed by atoms with van der Waals surface area (Å²) in [6, 6.07) is 10.4. The number of allylic oxidation sites excluding steroid dienone is 4. The zero-order valence-corrected chi connectivity index (χ0v) is 24.9.